The van der Waals surface area contributed by atoms with Gasteiger partial charge in [-0.1, -0.05) is 24.9 Å². The number of rotatable bonds is 4. The van der Waals surface area contributed by atoms with E-state index in [1.165, 1.54) is 6.07 Å². The van der Waals surface area contributed by atoms with Crippen LogP contribution in [0.15, 0.2) is 18.2 Å². The Kier molecular flexibility index (Phi) is 9.77. The van der Waals surface area contributed by atoms with E-state index in [2.05, 4.69) is 17.1 Å². The molecule has 0 radical (unpaired) electrons. The molecule has 0 bridgehead atoms. The van der Waals surface area contributed by atoms with Crippen LogP contribution in [0, 0.1) is 5.82 Å². The van der Waals surface area contributed by atoms with Crippen molar-refractivity contribution < 1.29 is 4.39 Å². The molecule has 1 fully saturated rings. The fourth-order valence-electron chi connectivity index (χ4n) is 2.59. The lowest BCUT2D eigenvalue weighted by molar-refractivity contribution is 0.164. The SMILES string of the molecule is CCC[C@@H](c1cc(F)cc(Cl)c1)N1CCNCC1.Cl.Cl. The Hall–Kier alpha value is -0.0600. The summed E-state index contributed by atoms with van der Waals surface area (Å²) >= 11 is 5.96. The van der Waals surface area contributed by atoms with Crippen molar-refractivity contribution in [2.75, 3.05) is 26.2 Å². The molecule has 1 N–H and O–H groups in total. The smallest absolute Gasteiger partial charge is 0.125 e. The van der Waals surface area contributed by atoms with E-state index in [1.54, 1.807) is 6.07 Å². The van der Waals surface area contributed by atoms with E-state index in [0.717, 1.165) is 44.6 Å². The Morgan fingerprint density at radius 2 is 1.90 bits per heavy atom. The average Bonchev–Trinajstić information content (AvgIpc) is 2.36. The molecular weight excluding hydrogens is 322 g/mol. The highest BCUT2D eigenvalue weighted by molar-refractivity contribution is 6.30. The molecule has 1 atom stereocenters. The van der Waals surface area contributed by atoms with Crippen LogP contribution < -0.4 is 5.32 Å². The lowest BCUT2D eigenvalue weighted by atomic mass is 10.00. The van der Waals surface area contributed by atoms with E-state index in [9.17, 15) is 4.39 Å². The van der Waals surface area contributed by atoms with Crippen LogP contribution in [0.5, 0.6) is 0 Å². The summed E-state index contributed by atoms with van der Waals surface area (Å²) in [6.45, 7) is 6.19. The highest BCUT2D eigenvalue weighted by atomic mass is 35.5. The third kappa shape index (κ3) is 5.38. The van der Waals surface area contributed by atoms with Crippen LogP contribution in [0.4, 0.5) is 4.39 Å². The molecule has 2 nitrogen and oxygen atoms in total. The second kappa shape index (κ2) is 9.80. The molecular formula is C14H22Cl3FN2. The van der Waals surface area contributed by atoms with Crippen molar-refractivity contribution in [2.45, 2.75) is 25.8 Å². The van der Waals surface area contributed by atoms with Gasteiger partial charge in [-0.25, -0.2) is 4.39 Å². The molecule has 0 spiro atoms. The summed E-state index contributed by atoms with van der Waals surface area (Å²) in [7, 11) is 0. The van der Waals surface area contributed by atoms with Crippen LogP contribution in [0.3, 0.4) is 0 Å². The minimum Gasteiger partial charge on any atom is -0.314 e. The molecule has 116 valence electrons. The fraction of sp³-hybridized carbons (Fsp3) is 0.571. The fourth-order valence-corrected chi connectivity index (χ4v) is 2.83. The molecule has 1 aliphatic rings. The number of piperazine rings is 1. The van der Waals surface area contributed by atoms with Gasteiger partial charge >= 0.3 is 0 Å². The van der Waals surface area contributed by atoms with Crippen LogP contribution in [-0.2, 0) is 0 Å². The van der Waals surface area contributed by atoms with Gasteiger partial charge in [0.05, 0.1) is 0 Å². The zero-order valence-electron chi connectivity index (χ0n) is 11.6. The number of nitrogens with one attached hydrogen (secondary N) is 1. The van der Waals surface area contributed by atoms with E-state index >= 15 is 0 Å². The van der Waals surface area contributed by atoms with Crippen LogP contribution in [0.2, 0.25) is 5.02 Å². The first kappa shape index (κ1) is 19.9. The molecule has 0 aromatic heterocycles. The summed E-state index contributed by atoms with van der Waals surface area (Å²) in [6, 6.07) is 5.16. The first-order chi connectivity index (χ1) is 8.70. The van der Waals surface area contributed by atoms with E-state index in [-0.39, 0.29) is 36.7 Å². The molecule has 1 saturated heterocycles. The van der Waals surface area contributed by atoms with Crippen molar-refractivity contribution >= 4 is 36.4 Å². The number of halogens is 4. The summed E-state index contributed by atoms with van der Waals surface area (Å²) in [6.07, 6.45) is 2.13. The zero-order valence-corrected chi connectivity index (χ0v) is 14.0. The van der Waals surface area contributed by atoms with Gasteiger partial charge in [0.15, 0.2) is 0 Å². The van der Waals surface area contributed by atoms with Crippen molar-refractivity contribution in [3.63, 3.8) is 0 Å². The number of benzene rings is 1. The second-order valence-corrected chi connectivity index (χ2v) is 5.23. The van der Waals surface area contributed by atoms with Gasteiger partial charge in [0, 0.05) is 37.2 Å². The second-order valence-electron chi connectivity index (χ2n) is 4.79. The van der Waals surface area contributed by atoms with Gasteiger partial charge in [0.25, 0.3) is 0 Å². The Balaban J connectivity index is 0.00000180. The highest BCUT2D eigenvalue weighted by Crippen LogP contribution is 2.28. The van der Waals surface area contributed by atoms with Crippen molar-refractivity contribution in [1.82, 2.24) is 10.2 Å². The molecule has 1 aliphatic heterocycles. The Labute approximate surface area is 137 Å². The number of hydrogen-bond donors (Lipinski definition) is 1. The van der Waals surface area contributed by atoms with Gasteiger partial charge < -0.3 is 5.32 Å². The third-order valence-corrected chi connectivity index (χ3v) is 3.64. The first-order valence-corrected chi connectivity index (χ1v) is 6.99. The maximum Gasteiger partial charge on any atom is 0.125 e. The lowest BCUT2D eigenvalue weighted by Gasteiger charge is -2.35. The average molecular weight is 344 g/mol. The predicted octanol–water partition coefficient (Wildman–Crippen LogP) is 4.07. The normalized spacial score (nSPS) is 16.9. The highest BCUT2D eigenvalue weighted by Gasteiger charge is 2.22. The maximum atomic E-state index is 13.5. The van der Waals surface area contributed by atoms with Crippen molar-refractivity contribution in [1.29, 1.82) is 0 Å². The van der Waals surface area contributed by atoms with Gasteiger partial charge in [-0.15, -0.1) is 24.8 Å². The monoisotopic (exact) mass is 342 g/mol. The van der Waals surface area contributed by atoms with Crippen LogP contribution in [0.1, 0.15) is 31.4 Å². The van der Waals surface area contributed by atoms with Crippen LogP contribution in [0.25, 0.3) is 0 Å². The topological polar surface area (TPSA) is 15.3 Å². The Bertz CT molecular complexity index is 378. The predicted molar refractivity (Wildman–Crippen MR) is 88.0 cm³/mol. The Morgan fingerprint density at radius 3 is 2.45 bits per heavy atom. The van der Waals surface area contributed by atoms with Gasteiger partial charge in [-0.2, -0.15) is 0 Å². The summed E-state index contributed by atoms with van der Waals surface area (Å²) in [4.78, 5) is 2.42. The van der Waals surface area contributed by atoms with Gasteiger partial charge in [-0.05, 0) is 30.2 Å². The summed E-state index contributed by atoms with van der Waals surface area (Å²) in [5.74, 6) is -0.242. The number of nitrogens with zero attached hydrogens (tertiary/aromatic N) is 1. The molecule has 0 saturated carbocycles. The summed E-state index contributed by atoms with van der Waals surface area (Å²) in [5.41, 5.74) is 1.00. The standard InChI is InChI=1S/C14H20ClFN2.2ClH/c1-2-3-14(18-6-4-17-5-7-18)11-8-12(15)10-13(16)9-11;;/h8-10,14,17H,2-7H2,1H3;2*1H/t14-;;/m0../s1. The van der Waals surface area contributed by atoms with E-state index in [4.69, 9.17) is 11.6 Å². The van der Waals surface area contributed by atoms with Gasteiger partial charge in [0.1, 0.15) is 5.82 Å². The van der Waals surface area contributed by atoms with Crippen molar-refractivity contribution in [2.24, 2.45) is 0 Å². The minimum atomic E-state index is -0.242. The van der Waals surface area contributed by atoms with E-state index in [1.807, 2.05) is 6.07 Å². The molecule has 0 unspecified atom stereocenters. The largest absolute Gasteiger partial charge is 0.314 e. The molecule has 1 aromatic rings. The van der Waals surface area contributed by atoms with Gasteiger partial charge in [-0.3, -0.25) is 4.90 Å². The molecule has 1 heterocycles. The van der Waals surface area contributed by atoms with E-state index < -0.39 is 0 Å². The molecule has 2 rings (SSSR count). The number of hydrogen-bond acceptors (Lipinski definition) is 2. The molecule has 20 heavy (non-hydrogen) atoms. The quantitative estimate of drug-likeness (QED) is 0.886. The molecule has 0 aliphatic carbocycles. The Morgan fingerprint density at radius 1 is 1.25 bits per heavy atom. The minimum absolute atomic E-state index is 0. The van der Waals surface area contributed by atoms with Crippen LogP contribution >= 0.6 is 36.4 Å². The van der Waals surface area contributed by atoms with Crippen LogP contribution in [-0.4, -0.2) is 31.1 Å². The third-order valence-electron chi connectivity index (χ3n) is 3.42. The molecule has 6 heteroatoms. The lowest BCUT2D eigenvalue weighted by Crippen LogP contribution is -2.45. The summed E-state index contributed by atoms with van der Waals surface area (Å²) in [5, 5.41) is 3.83. The molecule has 0 amide bonds. The zero-order chi connectivity index (χ0) is 13.0. The first-order valence-electron chi connectivity index (χ1n) is 6.61. The van der Waals surface area contributed by atoms with Gasteiger partial charge in [0.2, 0.25) is 0 Å². The van der Waals surface area contributed by atoms with E-state index in [0.29, 0.717) is 5.02 Å². The summed E-state index contributed by atoms with van der Waals surface area (Å²) < 4.78 is 13.5. The maximum absolute atomic E-state index is 13.5. The van der Waals surface area contributed by atoms with Crippen molar-refractivity contribution in [3.8, 4) is 0 Å². The van der Waals surface area contributed by atoms with Crippen molar-refractivity contribution in [3.05, 3.63) is 34.6 Å². The molecule has 1 aromatic carbocycles.